The van der Waals surface area contributed by atoms with Crippen LogP contribution in [0.15, 0.2) is 18.3 Å². The Bertz CT molecular complexity index is 582. The second-order valence-electron chi connectivity index (χ2n) is 6.60. The molecular formula is C18H25N3O3. The first-order chi connectivity index (χ1) is 11.7. The SMILES string of the molecule is COc1ccc(NC(=O)[C@@H]2CCCN2C(=O)C2CCCCC2)cn1. The maximum absolute atomic E-state index is 12.8. The zero-order valence-electron chi connectivity index (χ0n) is 14.2. The molecular weight excluding hydrogens is 306 g/mol. The number of rotatable bonds is 4. The van der Waals surface area contributed by atoms with Gasteiger partial charge in [0.2, 0.25) is 17.7 Å². The van der Waals surface area contributed by atoms with E-state index in [1.54, 1.807) is 30.3 Å². The fourth-order valence-electron chi connectivity index (χ4n) is 3.69. The van der Waals surface area contributed by atoms with E-state index in [1.807, 2.05) is 0 Å². The number of carbonyl (C=O) groups excluding carboxylic acids is 2. The lowest BCUT2D eigenvalue weighted by molar-refractivity contribution is -0.141. The molecule has 130 valence electrons. The van der Waals surface area contributed by atoms with E-state index in [-0.39, 0.29) is 23.8 Å². The third kappa shape index (κ3) is 3.68. The average molecular weight is 331 g/mol. The first kappa shape index (κ1) is 16.7. The summed E-state index contributed by atoms with van der Waals surface area (Å²) in [5.74, 6) is 0.654. The Morgan fingerprint density at radius 2 is 1.96 bits per heavy atom. The number of aromatic nitrogens is 1. The van der Waals surface area contributed by atoms with E-state index >= 15 is 0 Å². The lowest BCUT2D eigenvalue weighted by Crippen LogP contribution is -2.46. The molecule has 6 heteroatoms. The number of nitrogens with one attached hydrogen (secondary N) is 1. The summed E-state index contributed by atoms with van der Waals surface area (Å²) < 4.78 is 5.01. The van der Waals surface area contributed by atoms with Crippen molar-refractivity contribution in [3.63, 3.8) is 0 Å². The molecule has 0 unspecified atom stereocenters. The van der Waals surface area contributed by atoms with Crippen LogP contribution in [0.4, 0.5) is 5.69 Å². The number of hydrogen-bond acceptors (Lipinski definition) is 4. The highest BCUT2D eigenvalue weighted by atomic mass is 16.5. The highest BCUT2D eigenvalue weighted by molar-refractivity contribution is 5.97. The molecule has 6 nitrogen and oxygen atoms in total. The fraction of sp³-hybridized carbons (Fsp3) is 0.611. The number of methoxy groups -OCH3 is 1. The van der Waals surface area contributed by atoms with Crippen LogP contribution in [-0.4, -0.2) is 41.4 Å². The van der Waals surface area contributed by atoms with Crippen molar-refractivity contribution >= 4 is 17.5 Å². The summed E-state index contributed by atoms with van der Waals surface area (Å²) in [7, 11) is 1.55. The van der Waals surface area contributed by atoms with Gasteiger partial charge in [0, 0.05) is 18.5 Å². The standard InChI is InChI=1S/C18H25N3O3/c1-24-16-10-9-14(12-19-16)20-17(22)15-8-5-11-21(15)18(23)13-6-3-2-4-7-13/h9-10,12-13,15H,2-8,11H2,1H3,(H,20,22)/t15-/m0/s1. The van der Waals surface area contributed by atoms with Gasteiger partial charge >= 0.3 is 0 Å². The highest BCUT2D eigenvalue weighted by Gasteiger charge is 2.37. The summed E-state index contributed by atoms with van der Waals surface area (Å²) in [6, 6.07) is 3.10. The normalized spacial score (nSPS) is 21.5. The zero-order chi connectivity index (χ0) is 16.9. The van der Waals surface area contributed by atoms with Gasteiger partial charge in [-0.1, -0.05) is 19.3 Å². The van der Waals surface area contributed by atoms with Crippen LogP contribution in [-0.2, 0) is 9.59 Å². The van der Waals surface area contributed by atoms with Crippen LogP contribution in [0.2, 0.25) is 0 Å². The largest absolute Gasteiger partial charge is 0.481 e. The van der Waals surface area contributed by atoms with Gasteiger partial charge in [-0.2, -0.15) is 0 Å². The zero-order valence-corrected chi connectivity index (χ0v) is 14.2. The number of pyridine rings is 1. The van der Waals surface area contributed by atoms with E-state index in [1.165, 1.54) is 6.42 Å². The van der Waals surface area contributed by atoms with Crippen molar-refractivity contribution in [2.45, 2.75) is 51.0 Å². The minimum absolute atomic E-state index is 0.106. The predicted molar refractivity (Wildman–Crippen MR) is 90.7 cm³/mol. The Kier molecular flexibility index (Phi) is 5.33. The third-order valence-electron chi connectivity index (χ3n) is 5.01. The van der Waals surface area contributed by atoms with E-state index in [0.29, 0.717) is 18.1 Å². The van der Waals surface area contributed by atoms with E-state index in [4.69, 9.17) is 4.74 Å². The Morgan fingerprint density at radius 3 is 2.62 bits per heavy atom. The summed E-state index contributed by atoms with van der Waals surface area (Å²) in [5, 5.41) is 2.87. The van der Waals surface area contributed by atoms with Gasteiger partial charge in [-0.3, -0.25) is 9.59 Å². The number of anilines is 1. The van der Waals surface area contributed by atoms with E-state index in [9.17, 15) is 9.59 Å². The number of amides is 2. The van der Waals surface area contributed by atoms with Crippen molar-refractivity contribution in [3.8, 4) is 5.88 Å². The molecule has 1 aliphatic carbocycles. The van der Waals surface area contributed by atoms with E-state index in [2.05, 4.69) is 10.3 Å². The lowest BCUT2D eigenvalue weighted by Gasteiger charge is -2.30. The smallest absolute Gasteiger partial charge is 0.247 e. The van der Waals surface area contributed by atoms with Gasteiger partial charge in [-0.15, -0.1) is 0 Å². The minimum Gasteiger partial charge on any atom is -0.481 e. The second-order valence-corrected chi connectivity index (χ2v) is 6.60. The van der Waals surface area contributed by atoms with Crippen molar-refractivity contribution in [3.05, 3.63) is 18.3 Å². The van der Waals surface area contributed by atoms with Gasteiger partial charge in [-0.25, -0.2) is 4.98 Å². The first-order valence-electron chi connectivity index (χ1n) is 8.80. The molecule has 2 amide bonds. The molecule has 0 spiro atoms. The van der Waals surface area contributed by atoms with Gasteiger partial charge in [0.15, 0.2) is 0 Å². The van der Waals surface area contributed by atoms with E-state index < -0.39 is 0 Å². The summed E-state index contributed by atoms with van der Waals surface area (Å²) >= 11 is 0. The van der Waals surface area contributed by atoms with Gasteiger partial charge in [-0.05, 0) is 31.7 Å². The Hall–Kier alpha value is -2.11. The average Bonchev–Trinajstić information content (AvgIpc) is 3.12. The summed E-state index contributed by atoms with van der Waals surface area (Å²) in [4.78, 5) is 31.3. The van der Waals surface area contributed by atoms with Gasteiger partial charge < -0.3 is 15.0 Å². The van der Waals surface area contributed by atoms with Crippen LogP contribution in [0, 0.1) is 5.92 Å². The minimum atomic E-state index is -0.360. The van der Waals surface area contributed by atoms with Crippen molar-refractivity contribution < 1.29 is 14.3 Å². The maximum Gasteiger partial charge on any atom is 0.247 e. The number of ether oxygens (including phenoxy) is 1. The molecule has 1 atom stereocenters. The number of likely N-dealkylation sites (tertiary alicyclic amines) is 1. The molecule has 2 heterocycles. The topological polar surface area (TPSA) is 71.5 Å². The summed E-state index contributed by atoms with van der Waals surface area (Å²) in [6.07, 6.45) is 8.58. The van der Waals surface area contributed by atoms with Crippen molar-refractivity contribution in [2.75, 3.05) is 19.0 Å². The predicted octanol–water partition coefficient (Wildman–Crippen LogP) is 2.60. The van der Waals surface area contributed by atoms with Gasteiger partial charge in [0.1, 0.15) is 6.04 Å². The summed E-state index contributed by atoms with van der Waals surface area (Å²) in [5.41, 5.74) is 0.623. The molecule has 0 bridgehead atoms. The molecule has 2 aliphatic rings. The number of hydrogen-bond donors (Lipinski definition) is 1. The van der Waals surface area contributed by atoms with Crippen LogP contribution >= 0.6 is 0 Å². The van der Waals surface area contributed by atoms with Crippen LogP contribution < -0.4 is 10.1 Å². The van der Waals surface area contributed by atoms with Crippen molar-refractivity contribution in [1.82, 2.24) is 9.88 Å². The fourth-order valence-corrected chi connectivity index (χ4v) is 3.69. The molecule has 2 fully saturated rings. The molecule has 1 aliphatic heterocycles. The molecule has 24 heavy (non-hydrogen) atoms. The molecule has 1 aromatic rings. The Morgan fingerprint density at radius 1 is 1.17 bits per heavy atom. The van der Waals surface area contributed by atoms with Crippen LogP contribution in [0.5, 0.6) is 5.88 Å². The quantitative estimate of drug-likeness (QED) is 0.920. The molecule has 1 aromatic heterocycles. The lowest BCUT2D eigenvalue weighted by atomic mass is 9.88. The van der Waals surface area contributed by atoms with E-state index in [0.717, 1.165) is 38.5 Å². The summed E-state index contributed by atoms with van der Waals surface area (Å²) in [6.45, 7) is 0.689. The third-order valence-corrected chi connectivity index (χ3v) is 5.01. The molecule has 0 radical (unpaired) electrons. The van der Waals surface area contributed by atoms with Crippen molar-refractivity contribution in [1.29, 1.82) is 0 Å². The molecule has 3 rings (SSSR count). The van der Waals surface area contributed by atoms with Crippen molar-refractivity contribution in [2.24, 2.45) is 5.92 Å². The Labute approximate surface area is 142 Å². The highest BCUT2D eigenvalue weighted by Crippen LogP contribution is 2.29. The monoisotopic (exact) mass is 331 g/mol. The molecule has 1 N–H and O–H groups in total. The number of carbonyl (C=O) groups is 2. The van der Waals surface area contributed by atoms with Gasteiger partial charge in [0.05, 0.1) is 19.0 Å². The Balaban J connectivity index is 1.63. The molecule has 0 aromatic carbocycles. The van der Waals surface area contributed by atoms with Gasteiger partial charge in [0.25, 0.3) is 0 Å². The molecule has 1 saturated heterocycles. The number of nitrogens with zero attached hydrogens (tertiary/aromatic N) is 2. The van der Waals surface area contributed by atoms with Crippen LogP contribution in [0.25, 0.3) is 0 Å². The van der Waals surface area contributed by atoms with Crippen LogP contribution in [0.3, 0.4) is 0 Å². The second kappa shape index (κ2) is 7.64. The van der Waals surface area contributed by atoms with Crippen LogP contribution in [0.1, 0.15) is 44.9 Å². The first-order valence-corrected chi connectivity index (χ1v) is 8.80. The maximum atomic E-state index is 12.8. The molecule has 1 saturated carbocycles.